The summed E-state index contributed by atoms with van der Waals surface area (Å²) in [5.41, 5.74) is 2.64. The molecule has 0 saturated carbocycles. The fraction of sp³-hybridized carbons (Fsp3) is 0.409. The van der Waals surface area contributed by atoms with Crippen LogP contribution < -0.4 is 15.8 Å². The van der Waals surface area contributed by atoms with Crippen molar-refractivity contribution in [1.29, 1.82) is 0 Å². The summed E-state index contributed by atoms with van der Waals surface area (Å²) < 4.78 is 11.1. The van der Waals surface area contributed by atoms with Crippen molar-refractivity contribution in [2.75, 3.05) is 19.6 Å². The molecule has 0 spiro atoms. The number of fused-ring (bicyclic) bond motifs is 1. The summed E-state index contributed by atoms with van der Waals surface area (Å²) in [6.45, 7) is 6.22. The maximum atomic E-state index is 12.0. The first kappa shape index (κ1) is 18.0. The summed E-state index contributed by atoms with van der Waals surface area (Å²) in [6, 6.07) is 12.2. The van der Waals surface area contributed by atoms with Gasteiger partial charge in [0.05, 0.1) is 19.4 Å². The smallest absolute Gasteiger partial charge is 0.336 e. The molecule has 1 saturated heterocycles. The van der Waals surface area contributed by atoms with Gasteiger partial charge in [0.25, 0.3) is 0 Å². The van der Waals surface area contributed by atoms with Crippen LogP contribution in [0.2, 0.25) is 0 Å². The van der Waals surface area contributed by atoms with Crippen LogP contribution in [0.1, 0.15) is 42.7 Å². The van der Waals surface area contributed by atoms with Crippen molar-refractivity contribution < 1.29 is 19.1 Å². The van der Waals surface area contributed by atoms with Crippen LogP contribution in [0.3, 0.4) is 0 Å². The molecular formula is C22H28N2O3+2. The van der Waals surface area contributed by atoms with Crippen LogP contribution in [0.15, 0.2) is 56.3 Å². The lowest BCUT2D eigenvalue weighted by Crippen LogP contribution is -3.13. The van der Waals surface area contributed by atoms with Crippen LogP contribution in [-0.2, 0) is 13.0 Å². The monoisotopic (exact) mass is 368 g/mol. The molecule has 142 valence electrons. The molecule has 5 nitrogen and oxygen atoms in total. The largest absolute Gasteiger partial charge is 0.463 e. The highest BCUT2D eigenvalue weighted by Gasteiger charge is 2.30. The normalized spacial score (nSPS) is 16.2. The highest BCUT2D eigenvalue weighted by molar-refractivity contribution is 5.80. The van der Waals surface area contributed by atoms with E-state index in [1.807, 2.05) is 12.1 Å². The van der Waals surface area contributed by atoms with Crippen LogP contribution >= 0.6 is 0 Å². The Kier molecular flexibility index (Phi) is 5.41. The number of quaternary nitrogens is 2. The Morgan fingerprint density at radius 1 is 1.19 bits per heavy atom. The Hall–Kier alpha value is -2.37. The highest BCUT2D eigenvalue weighted by Crippen LogP contribution is 2.18. The zero-order chi connectivity index (χ0) is 18.6. The van der Waals surface area contributed by atoms with E-state index in [0.29, 0.717) is 11.6 Å². The number of hydrogen-bond donors (Lipinski definition) is 2. The molecule has 27 heavy (non-hydrogen) atoms. The van der Waals surface area contributed by atoms with Crippen LogP contribution in [0, 0.1) is 0 Å². The molecule has 3 N–H and O–H groups in total. The molecule has 0 amide bonds. The molecule has 0 bridgehead atoms. The van der Waals surface area contributed by atoms with Gasteiger partial charge in [0.15, 0.2) is 11.8 Å². The lowest BCUT2D eigenvalue weighted by molar-refractivity contribution is -0.936. The van der Waals surface area contributed by atoms with Gasteiger partial charge in [-0.2, -0.15) is 0 Å². The van der Waals surface area contributed by atoms with E-state index in [1.165, 1.54) is 31.5 Å². The molecule has 1 aliphatic rings. The second-order valence-corrected chi connectivity index (χ2v) is 7.44. The first-order valence-electron chi connectivity index (χ1n) is 10.00. The lowest BCUT2D eigenvalue weighted by Gasteiger charge is -2.21. The lowest BCUT2D eigenvalue weighted by atomic mass is 10.1. The molecule has 5 heteroatoms. The molecule has 4 rings (SSSR count). The van der Waals surface area contributed by atoms with Gasteiger partial charge in [-0.25, -0.2) is 4.79 Å². The third-order valence-corrected chi connectivity index (χ3v) is 5.69. The average molecular weight is 368 g/mol. The van der Waals surface area contributed by atoms with Gasteiger partial charge < -0.3 is 19.1 Å². The average Bonchev–Trinajstić information content (AvgIpc) is 3.38. The number of rotatable bonds is 7. The molecular weight excluding hydrogens is 340 g/mol. The van der Waals surface area contributed by atoms with Gasteiger partial charge >= 0.3 is 5.63 Å². The molecule has 3 aromatic rings. The first-order chi connectivity index (χ1) is 13.2. The minimum Gasteiger partial charge on any atom is -0.463 e. The van der Waals surface area contributed by atoms with Crippen LogP contribution in [-0.4, -0.2) is 19.6 Å². The minimum atomic E-state index is -0.271. The molecule has 1 aromatic carbocycles. The predicted molar refractivity (Wildman–Crippen MR) is 104 cm³/mol. The first-order valence-corrected chi connectivity index (χ1v) is 10.00. The van der Waals surface area contributed by atoms with Crippen LogP contribution in [0.25, 0.3) is 11.0 Å². The molecule has 0 aliphatic carbocycles. The van der Waals surface area contributed by atoms with E-state index in [2.05, 4.69) is 30.4 Å². The zero-order valence-corrected chi connectivity index (χ0v) is 15.9. The van der Waals surface area contributed by atoms with Crippen LogP contribution in [0.5, 0.6) is 0 Å². The molecule has 1 atom stereocenters. The van der Waals surface area contributed by atoms with E-state index >= 15 is 0 Å². The second kappa shape index (κ2) is 8.11. The van der Waals surface area contributed by atoms with Gasteiger partial charge in [0.2, 0.25) is 0 Å². The third kappa shape index (κ3) is 3.99. The van der Waals surface area contributed by atoms with E-state index in [9.17, 15) is 4.79 Å². The van der Waals surface area contributed by atoms with Crippen molar-refractivity contribution in [1.82, 2.24) is 0 Å². The Balaban J connectivity index is 1.51. The van der Waals surface area contributed by atoms with Gasteiger partial charge in [0, 0.05) is 29.9 Å². The standard InChI is InChI=1S/C22H26N2O3/c1-2-16-7-8-18-17(13-22(25)27-21(18)12-16)14-23-15-19(20-6-5-11-26-20)24-9-3-4-10-24/h5-8,11-13,19,23H,2-4,9-10,14-15H2,1H3/p+2/t19-/m0/s1. The number of benzene rings is 1. The van der Waals surface area contributed by atoms with Crippen molar-refractivity contribution >= 4 is 11.0 Å². The van der Waals surface area contributed by atoms with Crippen LogP contribution in [0.4, 0.5) is 0 Å². The van der Waals surface area contributed by atoms with Gasteiger partial charge in [0.1, 0.15) is 18.7 Å². The Morgan fingerprint density at radius 2 is 2.04 bits per heavy atom. The third-order valence-electron chi connectivity index (χ3n) is 5.69. The SMILES string of the molecule is CCc1ccc2c(C[NH2+]C[C@@H](c3ccco3)[NH+]3CCCC3)cc(=O)oc2c1. The quantitative estimate of drug-likeness (QED) is 0.620. The second-order valence-electron chi connectivity index (χ2n) is 7.44. The summed E-state index contributed by atoms with van der Waals surface area (Å²) in [7, 11) is 0. The van der Waals surface area contributed by atoms with E-state index in [-0.39, 0.29) is 5.63 Å². The van der Waals surface area contributed by atoms with Gasteiger partial charge in [-0.05, 0) is 30.2 Å². The summed E-state index contributed by atoms with van der Waals surface area (Å²) in [4.78, 5) is 13.6. The predicted octanol–water partition coefficient (Wildman–Crippen LogP) is 1.43. The fourth-order valence-electron chi connectivity index (χ4n) is 4.22. The van der Waals surface area contributed by atoms with Gasteiger partial charge in [-0.15, -0.1) is 0 Å². The zero-order valence-electron chi connectivity index (χ0n) is 15.9. The molecule has 2 aromatic heterocycles. The maximum absolute atomic E-state index is 12.0. The minimum absolute atomic E-state index is 0.271. The van der Waals surface area contributed by atoms with Gasteiger partial charge in [-0.3, -0.25) is 0 Å². The van der Waals surface area contributed by atoms with E-state index < -0.39 is 0 Å². The highest BCUT2D eigenvalue weighted by atomic mass is 16.4. The van der Waals surface area contributed by atoms with E-state index in [0.717, 1.165) is 36.2 Å². The summed E-state index contributed by atoms with van der Waals surface area (Å²) in [5, 5.41) is 3.33. The topological polar surface area (TPSA) is 64.4 Å². The molecule has 1 aliphatic heterocycles. The van der Waals surface area contributed by atoms with E-state index in [4.69, 9.17) is 8.83 Å². The van der Waals surface area contributed by atoms with Crippen molar-refractivity contribution in [3.05, 3.63) is 70.0 Å². The van der Waals surface area contributed by atoms with Gasteiger partial charge in [-0.1, -0.05) is 19.1 Å². The summed E-state index contributed by atoms with van der Waals surface area (Å²) in [5.74, 6) is 1.06. The van der Waals surface area contributed by atoms with E-state index in [1.54, 1.807) is 17.2 Å². The Bertz CT molecular complexity index is 940. The summed E-state index contributed by atoms with van der Waals surface area (Å²) >= 11 is 0. The Morgan fingerprint density at radius 3 is 2.78 bits per heavy atom. The number of nitrogens with two attached hydrogens (primary N) is 1. The summed E-state index contributed by atoms with van der Waals surface area (Å²) in [6.07, 6.45) is 5.27. The van der Waals surface area contributed by atoms with Crippen molar-refractivity contribution in [3.8, 4) is 0 Å². The molecule has 0 unspecified atom stereocenters. The number of hydrogen-bond acceptors (Lipinski definition) is 3. The Labute approximate surface area is 159 Å². The maximum Gasteiger partial charge on any atom is 0.336 e. The number of nitrogens with one attached hydrogen (secondary N) is 1. The number of aryl methyl sites for hydroxylation is 1. The molecule has 0 radical (unpaired) electrons. The number of likely N-dealkylation sites (tertiary alicyclic amines) is 1. The van der Waals surface area contributed by atoms with Crippen molar-refractivity contribution in [2.45, 2.75) is 38.8 Å². The number of furan rings is 1. The molecule has 3 heterocycles. The van der Waals surface area contributed by atoms with Crippen molar-refractivity contribution in [3.63, 3.8) is 0 Å². The van der Waals surface area contributed by atoms with Crippen molar-refractivity contribution in [2.24, 2.45) is 0 Å². The fourth-order valence-corrected chi connectivity index (χ4v) is 4.22. The molecule has 1 fully saturated rings.